The Labute approximate surface area is 179 Å². The fourth-order valence-corrected chi connectivity index (χ4v) is 5.73. The molecule has 0 fully saturated rings. The van der Waals surface area contributed by atoms with Crippen LogP contribution in [0.5, 0.6) is 0 Å². The lowest BCUT2D eigenvalue weighted by Gasteiger charge is -2.13. The molecule has 0 bridgehead atoms. The number of para-hydroxylation sites is 1. The molecular weight excluding hydrogens is 436 g/mol. The first-order valence-electron chi connectivity index (χ1n) is 9.08. The van der Waals surface area contributed by atoms with Gasteiger partial charge >= 0.3 is 0 Å². The summed E-state index contributed by atoms with van der Waals surface area (Å²) in [6.45, 7) is 7.19. The highest BCUT2D eigenvalue weighted by molar-refractivity contribution is 7.93. The molecule has 0 aliphatic rings. The van der Waals surface area contributed by atoms with Crippen LogP contribution in [0.2, 0.25) is 0 Å². The van der Waals surface area contributed by atoms with Crippen LogP contribution < -0.4 is 4.72 Å². The number of hydrogen-bond donors (Lipinski definition) is 1. The van der Waals surface area contributed by atoms with Gasteiger partial charge in [-0.2, -0.15) is 8.42 Å². The Kier molecular flexibility index (Phi) is 5.27. The van der Waals surface area contributed by atoms with E-state index in [-0.39, 0.29) is 27.1 Å². The summed E-state index contributed by atoms with van der Waals surface area (Å²) in [4.78, 5) is 2.99. The third kappa shape index (κ3) is 4.30. The van der Waals surface area contributed by atoms with Crippen LogP contribution in [0.1, 0.15) is 5.56 Å². The molecule has 7 nitrogen and oxygen atoms in total. The van der Waals surface area contributed by atoms with Crippen molar-refractivity contribution in [2.24, 2.45) is 0 Å². The predicted molar refractivity (Wildman–Crippen MR) is 117 cm³/mol. The molecule has 0 radical (unpaired) electrons. The lowest BCUT2D eigenvalue weighted by Crippen LogP contribution is -2.15. The Bertz CT molecular complexity index is 1480. The van der Waals surface area contributed by atoms with Crippen molar-refractivity contribution in [3.8, 4) is 0 Å². The second kappa shape index (κ2) is 7.91. The van der Waals surface area contributed by atoms with Crippen molar-refractivity contribution in [1.82, 2.24) is 0 Å². The molecule has 0 saturated heterocycles. The number of fused-ring (bicyclic) bond motifs is 1. The summed E-state index contributed by atoms with van der Waals surface area (Å²) in [6.07, 6.45) is 0. The van der Waals surface area contributed by atoms with Crippen LogP contribution in [0.25, 0.3) is 15.8 Å². The van der Waals surface area contributed by atoms with Gasteiger partial charge in [-0.25, -0.2) is 13.3 Å². The van der Waals surface area contributed by atoms with Crippen molar-refractivity contribution in [2.45, 2.75) is 15.7 Å². The molecule has 0 saturated carbocycles. The number of furan rings is 1. The van der Waals surface area contributed by atoms with E-state index < -0.39 is 19.9 Å². The van der Waals surface area contributed by atoms with E-state index in [1.807, 2.05) is 0 Å². The first-order valence-corrected chi connectivity index (χ1v) is 12.2. The number of benzene rings is 3. The van der Waals surface area contributed by atoms with Crippen LogP contribution in [0, 0.1) is 6.57 Å². The lowest BCUT2D eigenvalue weighted by atomic mass is 10.2. The molecule has 0 aliphatic carbocycles. The van der Waals surface area contributed by atoms with Crippen LogP contribution in [0.4, 0.5) is 11.4 Å². The third-order valence-corrected chi connectivity index (χ3v) is 7.48. The van der Waals surface area contributed by atoms with E-state index in [9.17, 15) is 16.8 Å². The van der Waals surface area contributed by atoms with Crippen LogP contribution in [0.15, 0.2) is 93.3 Å². The number of nitrogens with zero attached hydrogens (tertiary/aromatic N) is 1. The number of rotatable bonds is 6. The molecule has 31 heavy (non-hydrogen) atoms. The molecule has 1 aromatic heterocycles. The minimum atomic E-state index is -4.21. The van der Waals surface area contributed by atoms with Crippen molar-refractivity contribution in [3.63, 3.8) is 0 Å². The average molecular weight is 453 g/mol. The Morgan fingerprint density at radius 1 is 0.871 bits per heavy atom. The quantitative estimate of drug-likeness (QED) is 0.426. The molecule has 4 rings (SSSR count). The van der Waals surface area contributed by atoms with Crippen LogP contribution in [-0.2, 0) is 25.6 Å². The molecule has 0 aliphatic heterocycles. The van der Waals surface area contributed by atoms with Crippen LogP contribution in [-0.4, -0.2) is 16.8 Å². The highest BCUT2D eigenvalue weighted by atomic mass is 32.2. The second-order valence-electron chi connectivity index (χ2n) is 6.75. The number of sulfone groups is 1. The van der Waals surface area contributed by atoms with Crippen molar-refractivity contribution < 1.29 is 21.3 Å². The Hall–Kier alpha value is -3.61. The van der Waals surface area contributed by atoms with Gasteiger partial charge in [-0.15, -0.1) is 0 Å². The maximum atomic E-state index is 13.1. The van der Waals surface area contributed by atoms with Crippen LogP contribution in [0.3, 0.4) is 0 Å². The number of hydrogen-bond acceptors (Lipinski definition) is 5. The Balaban J connectivity index is 1.75. The van der Waals surface area contributed by atoms with E-state index >= 15 is 0 Å². The van der Waals surface area contributed by atoms with E-state index in [1.54, 1.807) is 54.6 Å². The molecule has 1 N–H and O–H groups in total. The smallest absolute Gasteiger partial charge is 0.295 e. The summed E-state index contributed by atoms with van der Waals surface area (Å²) in [7, 11) is -8.17. The third-order valence-electron chi connectivity index (χ3n) is 4.54. The van der Waals surface area contributed by atoms with Crippen molar-refractivity contribution in [1.29, 1.82) is 0 Å². The largest absolute Gasteiger partial charge is 0.443 e. The molecule has 0 atom stereocenters. The first-order chi connectivity index (χ1) is 14.8. The van der Waals surface area contributed by atoms with Gasteiger partial charge in [0.05, 0.1) is 22.9 Å². The monoisotopic (exact) mass is 452 g/mol. The van der Waals surface area contributed by atoms with E-state index in [0.29, 0.717) is 16.5 Å². The summed E-state index contributed by atoms with van der Waals surface area (Å²) in [6, 6.07) is 20.5. The zero-order valence-corrected chi connectivity index (χ0v) is 17.7. The fraction of sp³-hybridized carbons (Fsp3) is 0.0455. The summed E-state index contributed by atoms with van der Waals surface area (Å²) in [5.41, 5.74) is 0.868. The van der Waals surface area contributed by atoms with E-state index in [1.165, 1.54) is 24.3 Å². The topological polar surface area (TPSA) is 97.8 Å². The van der Waals surface area contributed by atoms with Gasteiger partial charge in [0, 0.05) is 11.5 Å². The standard InChI is InChI=1S/C22H16N2O5S2/c1-23-18-11-12-19(21(14-18)30(25,26)15-16-7-3-2-4-8-16)24-31(27,28)22-13-17-9-5-6-10-20(17)29-22/h2-14,24H,15H2. The summed E-state index contributed by atoms with van der Waals surface area (Å²) < 4.78 is 59.7. The lowest BCUT2D eigenvalue weighted by molar-refractivity contribution is 0.484. The normalized spacial score (nSPS) is 11.8. The number of nitrogens with one attached hydrogen (secondary N) is 1. The molecule has 156 valence electrons. The predicted octanol–water partition coefficient (Wildman–Crippen LogP) is 4.76. The fourth-order valence-electron chi connectivity index (χ4n) is 3.08. The molecule has 0 amide bonds. The minimum absolute atomic E-state index is 0.0818. The zero-order valence-electron chi connectivity index (χ0n) is 16.0. The summed E-state index contributed by atoms with van der Waals surface area (Å²) in [5.74, 6) is -0.339. The van der Waals surface area contributed by atoms with Gasteiger partial charge in [0.25, 0.3) is 10.0 Å². The summed E-state index contributed by atoms with van der Waals surface area (Å²) >= 11 is 0. The van der Waals surface area contributed by atoms with E-state index in [4.69, 9.17) is 11.0 Å². The van der Waals surface area contributed by atoms with Gasteiger partial charge in [-0.1, -0.05) is 54.6 Å². The van der Waals surface area contributed by atoms with Crippen LogP contribution >= 0.6 is 0 Å². The summed E-state index contributed by atoms with van der Waals surface area (Å²) in [5, 5.41) is 0.262. The van der Waals surface area contributed by atoms with Gasteiger partial charge in [-0.05, 0) is 23.8 Å². The molecular formula is C22H16N2O5S2. The Morgan fingerprint density at radius 2 is 1.58 bits per heavy atom. The highest BCUT2D eigenvalue weighted by Crippen LogP contribution is 2.32. The van der Waals surface area contributed by atoms with E-state index in [2.05, 4.69) is 9.57 Å². The van der Waals surface area contributed by atoms with Crippen molar-refractivity contribution in [2.75, 3.05) is 4.72 Å². The maximum absolute atomic E-state index is 13.1. The molecule has 1 heterocycles. The first kappa shape index (κ1) is 20.7. The molecule has 0 spiro atoms. The van der Waals surface area contributed by atoms with Gasteiger partial charge in [0.15, 0.2) is 15.5 Å². The number of sulfonamides is 1. The molecule has 3 aromatic carbocycles. The maximum Gasteiger partial charge on any atom is 0.295 e. The average Bonchev–Trinajstić information content (AvgIpc) is 3.19. The molecule has 0 unspecified atom stereocenters. The molecule has 4 aromatic rings. The minimum Gasteiger partial charge on any atom is -0.443 e. The van der Waals surface area contributed by atoms with Gasteiger partial charge < -0.3 is 4.42 Å². The SMILES string of the molecule is [C-]#[N+]c1ccc(NS(=O)(=O)c2cc3ccccc3o2)c(S(=O)(=O)Cc2ccccc2)c1. The number of anilines is 1. The van der Waals surface area contributed by atoms with Gasteiger partial charge in [-0.3, -0.25) is 4.72 Å². The zero-order chi connectivity index (χ0) is 22.1. The highest BCUT2D eigenvalue weighted by Gasteiger charge is 2.25. The van der Waals surface area contributed by atoms with E-state index in [0.717, 1.165) is 0 Å². The Morgan fingerprint density at radius 3 is 2.29 bits per heavy atom. The van der Waals surface area contributed by atoms with Gasteiger partial charge in [0.1, 0.15) is 5.58 Å². The van der Waals surface area contributed by atoms with Gasteiger partial charge in [0.2, 0.25) is 5.09 Å². The van der Waals surface area contributed by atoms with Crippen molar-refractivity contribution in [3.05, 3.63) is 95.8 Å². The second-order valence-corrected chi connectivity index (χ2v) is 10.3. The molecule has 9 heteroatoms. The van der Waals surface area contributed by atoms with Crippen molar-refractivity contribution >= 4 is 42.2 Å².